The smallest absolute Gasteiger partial charge is 0.170 e. The molecule has 0 amide bonds. The van der Waals surface area contributed by atoms with E-state index in [1.807, 2.05) is 0 Å². The lowest BCUT2D eigenvalue weighted by Gasteiger charge is -2.09. The van der Waals surface area contributed by atoms with E-state index < -0.39 is 11.6 Å². The van der Waals surface area contributed by atoms with Crippen LogP contribution in [0.1, 0.15) is 5.56 Å². The Balaban J connectivity index is 2.33. The number of amidine groups is 1. The molecule has 20 heavy (non-hydrogen) atoms. The molecule has 0 spiro atoms. The first-order chi connectivity index (χ1) is 9.51. The van der Waals surface area contributed by atoms with Crippen LogP contribution in [-0.4, -0.2) is 11.0 Å². The summed E-state index contributed by atoms with van der Waals surface area (Å²) >= 11 is 3.18. The predicted octanol–water partition coefficient (Wildman–Crippen LogP) is 3.61. The van der Waals surface area contributed by atoms with E-state index in [1.165, 1.54) is 24.3 Å². The first-order valence-electron chi connectivity index (χ1n) is 5.41. The first-order valence-corrected chi connectivity index (χ1v) is 6.21. The maximum atomic E-state index is 13.8. The molecule has 2 rings (SSSR count). The fraction of sp³-hybridized carbons (Fsp3) is 0. The highest BCUT2D eigenvalue weighted by atomic mass is 79.9. The van der Waals surface area contributed by atoms with Crippen molar-refractivity contribution in [2.75, 3.05) is 0 Å². The third-order valence-corrected chi connectivity index (χ3v) is 3.10. The summed E-state index contributed by atoms with van der Waals surface area (Å²) in [7, 11) is 0. The van der Waals surface area contributed by atoms with Crippen LogP contribution in [-0.2, 0) is 0 Å². The number of hydrogen-bond acceptors (Lipinski definition) is 3. The van der Waals surface area contributed by atoms with Crippen molar-refractivity contribution in [3.63, 3.8) is 0 Å². The zero-order chi connectivity index (χ0) is 14.7. The van der Waals surface area contributed by atoms with Gasteiger partial charge in [-0.05, 0) is 46.3 Å². The molecule has 0 saturated heterocycles. The molecule has 0 aliphatic carbocycles. The Morgan fingerprint density at radius 1 is 1.15 bits per heavy atom. The topological polar surface area (TPSA) is 67.8 Å². The molecule has 0 radical (unpaired) electrons. The number of oxime groups is 1. The van der Waals surface area contributed by atoms with Gasteiger partial charge in [0.25, 0.3) is 0 Å². The van der Waals surface area contributed by atoms with Crippen molar-refractivity contribution < 1.29 is 18.7 Å². The Labute approximate surface area is 121 Å². The van der Waals surface area contributed by atoms with Crippen LogP contribution in [0, 0.1) is 11.6 Å². The van der Waals surface area contributed by atoms with E-state index in [1.54, 1.807) is 0 Å². The molecule has 2 aromatic rings. The lowest BCUT2D eigenvalue weighted by molar-refractivity contribution is 0.318. The largest absolute Gasteiger partial charge is 0.453 e. The van der Waals surface area contributed by atoms with Crippen LogP contribution in [0.25, 0.3) is 0 Å². The van der Waals surface area contributed by atoms with Crippen LogP contribution in [0.2, 0.25) is 0 Å². The van der Waals surface area contributed by atoms with Crippen LogP contribution < -0.4 is 10.5 Å². The molecule has 0 unspecified atom stereocenters. The second-order valence-electron chi connectivity index (χ2n) is 3.81. The SMILES string of the molecule is N/C(=N/O)c1ccc(Oc2cc(F)ccc2Br)c(F)c1. The van der Waals surface area contributed by atoms with Gasteiger partial charge in [-0.3, -0.25) is 0 Å². The third-order valence-electron chi connectivity index (χ3n) is 2.45. The van der Waals surface area contributed by atoms with Crippen LogP contribution in [0.15, 0.2) is 46.0 Å². The monoisotopic (exact) mass is 342 g/mol. The molecule has 4 nitrogen and oxygen atoms in total. The van der Waals surface area contributed by atoms with E-state index in [9.17, 15) is 8.78 Å². The van der Waals surface area contributed by atoms with Gasteiger partial charge >= 0.3 is 0 Å². The molecular weight excluding hydrogens is 334 g/mol. The van der Waals surface area contributed by atoms with Crippen molar-refractivity contribution in [3.05, 3.63) is 58.1 Å². The summed E-state index contributed by atoms with van der Waals surface area (Å²) in [6.07, 6.45) is 0. The summed E-state index contributed by atoms with van der Waals surface area (Å²) in [5, 5.41) is 11.3. The van der Waals surface area contributed by atoms with Gasteiger partial charge in [0.1, 0.15) is 11.6 Å². The molecule has 0 bridgehead atoms. The molecule has 0 saturated carbocycles. The van der Waals surface area contributed by atoms with E-state index >= 15 is 0 Å². The molecule has 7 heteroatoms. The Hall–Kier alpha value is -2.15. The first kappa shape index (κ1) is 14.3. The third kappa shape index (κ3) is 3.05. The molecule has 0 aliphatic rings. The van der Waals surface area contributed by atoms with Crippen LogP contribution in [0.3, 0.4) is 0 Å². The number of benzene rings is 2. The van der Waals surface area contributed by atoms with Crippen molar-refractivity contribution in [2.45, 2.75) is 0 Å². The number of ether oxygens (including phenoxy) is 1. The highest BCUT2D eigenvalue weighted by Gasteiger charge is 2.11. The van der Waals surface area contributed by atoms with E-state index in [0.29, 0.717) is 4.47 Å². The fourth-order valence-electron chi connectivity index (χ4n) is 1.47. The van der Waals surface area contributed by atoms with Crippen LogP contribution in [0.4, 0.5) is 8.78 Å². The van der Waals surface area contributed by atoms with Crippen molar-refractivity contribution >= 4 is 21.8 Å². The van der Waals surface area contributed by atoms with Gasteiger partial charge in [-0.25, -0.2) is 8.78 Å². The molecule has 3 N–H and O–H groups in total. The molecule has 0 heterocycles. The molecule has 0 atom stereocenters. The quantitative estimate of drug-likeness (QED) is 0.387. The van der Waals surface area contributed by atoms with Gasteiger partial charge in [-0.1, -0.05) is 5.16 Å². The minimum Gasteiger partial charge on any atom is -0.453 e. The van der Waals surface area contributed by atoms with E-state index in [-0.39, 0.29) is 22.9 Å². The number of hydrogen-bond donors (Lipinski definition) is 2. The molecule has 104 valence electrons. The highest BCUT2D eigenvalue weighted by Crippen LogP contribution is 2.31. The maximum Gasteiger partial charge on any atom is 0.170 e. The fourth-order valence-corrected chi connectivity index (χ4v) is 1.80. The lowest BCUT2D eigenvalue weighted by Crippen LogP contribution is -2.13. The van der Waals surface area contributed by atoms with Crippen molar-refractivity contribution in [3.8, 4) is 11.5 Å². The van der Waals surface area contributed by atoms with Crippen LogP contribution >= 0.6 is 15.9 Å². The highest BCUT2D eigenvalue weighted by molar-refractivity contribution is 9.10. The molecular formula is C13H9BrF2N2O2. The Kier molecular flexibility index (Phi) is 4.19. The van der Waals surface area contributed by atoms with Crippen molar-refractivity contribution in [1.82, 2.24) is 0 Å². The number of nitrogens with zero attached hydrogens (tertiary/aromatic N) is 1. The Morgan fingerprint density at radius 2 is 1.90 bits per heavy atom. The minimum absolute atomic E-state index is 0.106. The van der Waals surface area contributed by atoms with Gasteiger partial charge < -0.3 is 15.7 Å². The number of nitrogens with two attached hydrogens (primary N) is 1. The minimum atomic E-state index is -0.717. The van der Waals surface area contributed by atoms with Gasteiger partial charge in [0.15, 0.2) is 17.4 Å². The summed E-state index contributed by atoms with van der Waals surface area (Å²) in [5.41, 5.74) is 5.55. The molecule has 0 fully saturated rings. The van der Waals surface area contributed by atoms with Gasteiger partial charge in [-0.2, -0.15) is 0 Å². The lowest BCUT2D eigenvalue weighted by atomic mass is 10.2. The number of rotatable bonds is 3. The molecule has 2 aromatic carbocycles. The second-order valence-corrected chi connectivity index (χ2v) is 4.66. The number of halogens is 3. The van der Waals surface area contributed by atoms with Crippen molar-refractivity contribution in [2.24, 2.45) is 10.9 Å². The van der Waals surface area contributed by atoms with Crippen molar-refractivity contribution in [1.29, 1.82) is 0 Å². The summed E-state index contributed by atoms with van der Waals surface area (Å²) in [5.74, 6) is -1.41. The summed E-state index contributed by atoms with van der Waals surface area (Å²) in [6, 6.07) is 7.60. The van der Waals surface area contributed by atoms with E-state index in [2.05, 4.69) is 21.1 Å². The van der Waals surface area contributed by atoms with Gasteiger partial charge in [0, 0.05) is 11.6 Å². The van der Waals surface area contributed by atoms with Gasteiger partial charge in [0.05, 0.1) is 4.47 Å². The van der Waals surface area contributed by atoms with Crippen LogP contribution in [0.5, 0.6) is 11.5 Å². The zero-order valence-corrected chi connectivity index (χ0v) is 11.6. The normalized spacial score (nSPS) is 11.4. The van der Waals surface area contributed by atoms with Gasteiger partial charge in [0.2, 0.25) is 0 Å². The van der Waals surface area contributed by atoms with Gasteiger partial charge in [-0.15, -0.1) is 0 Å². The van der Waals surface area contributed by atoms with E-state index in [4.69, 9.17) is 15.7 Å². The average molecular weight is 343 g/mol. The summed E-state index contributed by atoms with van der Waals surface area (Å²) in [6.45, 7) is 0. The van der Waals surface area contributed by atoms with E-state index in [0.717, 1.165) is 12.1 Å². The second kappa shape index (κ2) is 5.87. The summed E-state index contributed by atoms with van der Waals surface area (Å²) in [4.78, 5) is 0. The summed E-state index contributed by atoms with van der Waals surface area (Å²) < 4.78 is 32.7. The Morgan fingerprint density at radius 3 is 2.55 bits per heavy atom. The maximum absolute atomic E-state index is 13.8. The standard InChI is InChI=1S/C13H9BrF2N2O2/c14-9-3-2-8(15)6-12(9)20-11-4-1-7(5-10(11)16)13(17)18-19/h1-6,19H,(H2,17,18). The Bertz CT molecular complexity index is 677. The molecule has 0 aromatic heterocycles. The zero-order valence-electron chi connectivity index (χ0n) is 9.98. The predicted molar refractivity (Wildman–Crippen MR) is 73.1 cm³/mol. The molecule has 0 aliphatic heterocycles. The average Bonchev–Trinajstić information content (AvgIpc) is 2.44.